The van der Waals surface area contributed by atoms with Gasteiger partial charge in [-0.2, -0.15) is 0 Å². The molecule has 2 aromatic carbocycles. The molecule has 0 saturated heterocycles. The smallest absolute Gasteiger partial charge is 0.407 e. The number of esters is 1. The van der Waals surface area contributed by atoms with Gasteiger partial charge in [-0.05, 0) is 57.5 Å². The first kappa shape index (κ1) is 23.7. The third-order valence-corrected chi connectivity index (χ3v) is 6.05. The molecule has 2 aliphatic heterocycles. The number of allylic oxidation sites excluding steroid dienone is 2. The molecule has 0 bridgehead atoms. The maximum absolute atomic E-state index is 12.8. The fourth-order valence-corrected chi connectivity index (χ4v) is 4.62. The van der Waals surface area contributed by atoms with Crippen LogP contribution in [0.15, 0.2) is 65.9 Å². The summed E-state index contributed by atoms with van der Waals surface area (Å²) < 4.78 is 23.3. The number of hydrogen-bond acceptors (Lipinski definition) is 7. The van der Waals surface area contributed by atoms with E-state index < -0.39 is 23.3 Å². The van der Waals surface area contributed by atoms with E-state index in [2.05, 4.69) is 5.32 Å². The first-order valence-electron chi connectivity index (χ1n) is 11.9. The number of benzene rings is 2. The van der Waals surface area contributed by atoms with Crippen molar-refractivity contribution in [2.24, 2.45) is 0 Å². The fourth-order valence-electron chi connectivity index (χ4n) is 4.62. The van der Waals surface area contributed by atoms with E-state index in [1.807, 2.05) is 39.0 Å². The van der Waals surface area contributed by atoms with Crippen molar-refractivity contribution in [1.82, 2.24) is 5.32 Å². The van der Waals surface area contributed by atoms with Gasteiger partial charge in [0.25, 0.3) is 0 Å². The normalized spacial score (nSPS) is 19.8. The largest absolute Gasteiger partial charge is 0.493 e. The third kappa shape index (κ3) is 4.23. The molecule has 1 spiro atoms. The summed E-state index contributed by atoms with van der Waals surface area (Å²) in [6, 6.07) is 12.6. The maximum atomic E-state index is 12.8. The molecule has 1 N–H and O–H groups in total. The van der Waals surface area contributed by atoms with Gasteiger partial charge in [0.05, 0.1) is 18.6 Å². The molecule has 3 aliphatic rings. The Labute approximate surface area is 208 Å². The lowest BCUT2D eigenvalue weighted by Gasteiger charge is -2.38. The highest BCUT2D eigenvalue weighted by Gasteiger charge is 2.54. The number of alkyl carbamates (subject to hydrolysis) is 1. The molecule has 186 valence electrons. The molecule has 0 saturated carbocycles. The molecule has 0 aromatic heterocycles. The monoisotopic (exact) mass is 489 g/mol. The number of fused-ring (bicyclic) bond motifs is 5. The van der Waals surface area contributed by atoms with Crippen molar-refractivity contribution < 1.29 is 33.3 Å². The number of hydrogen-bond donors (Lipinski definition) is 1. The summed E-state index contributed by atoms with van der Waals surface area (Å²) in [5, 5.41) is 2.70. The topological polar surface area (TPSA) is 100 Å². The van der Waals surface area contributed by atoms with Crippen molar-refractivity contribution in [2.75, 3.05) is 13.2 Å². The SMILES string of the molecule is CC(C)(C)OC(=O)NCCCOc1ccc2c(c1)OC1=C(C=CC(=O)C1)C21OC(=O)c2ccccc21. The Balaban J connectivity index is 1.37. The molecule has 1 amide bonds. The van der Waals surface area contributed by atoms with Crippen LogP contribution in [0.25, 0.3) is 0 Å². The van der Waals surface area contributed by atoms with Gasteiger partial charge in [0.2, 0.25) is 0 Å². The van der Waals surface area contributed by atoms with Crippen molar-refractivity contribution in [3.05, 3.63) is 82.6 Å². The molecule has 36 heavy (non-hydrogen) atoms. The Morgan fingerprint density at radius 2 is 1.89 bits per heavy atom. The minimum atomic E-state index is -1.19. The molecule has 1 unspecified atom stereocenters. The number of nitrogens with one attached hydrogen (secondary N) is 1. The lowest BCUT2D eigenvalue weighted by molar-refractivity contribution is -0.114. The van der Waals surface area contributed by atoms with E-state index in [0.717, 1.165) is 0 Å². The lowest BCUT2D eigenvalue weighted by atomic mass is 9.75. The van der Waals surface area contributed by atoms with E-state index >= 15 is 0 Å². The molecule has 2 aromatic rings. The van der Waals surface area contributed by atoms with Crippen LogP contribution in [0.4, 0.5) is 4.79 Å². The minimum absolute atomic E-state index is 0.0775. The fraction of sp³-hybridized carbons (Fsp3) is 0.321. The van der Waals surface area contributed by atoms with Gasteiger partial charge >= 0.3 is 12.1 Å². The zero-order valence-electron chi connectivity index (χ0n) is 20.4. The standard InChI is InChI=1S/C28H27NO7/c1-27(2,3)36-26(32)29-13-6-14-33-18-10-12-22-24(16-18)34-23-15-17(30)9-11-21(23)28(22)20-8-5-4-7-19(20)25(31)35-28/h4-5,7-12,16H,6,13-15H2,1-3H3,(H,29,32). The molecule has 8 nitrogen and oxygen atoms in total. The number of ether oxygens (including phenoxy) is 4. The predicted octanol–water partition coefficient (Wildman–Crippen LogP) is 4.57. The highest BCUT2D eigenvalue weighted by molar-refractivity contribution is 5.98. The Morgan fingerprint density at radius 1 is 1.08 bits per heavy atom. The molecule has 2 heterocycles. The van der Waals surface area contributed by atoms with Crippen molar-refractivity contribution in [1.29, 1.82) is 0 Å². The second kappa shape index (κ2) is 8.86. The zero-order valence-corrected chi connectivity index (χ0v) is 20.4. The van der Waals surface area contributed by atoms with Gasteiger partial charge in [-0.1, -0.05) is 18.2 Å². The molecule has 5 rings (SSSR count). The summed E-state index contributed by atoms with van der Waals surface area (Å²) in [6.45, 7) is 6.18. The van der Waals surface area contributed by atoms with Crippen molar-refractivity contribution in [2.45, 2.75) is 44.8 Å². The van der Waals surface area contributed by atoms with Crippen LogP contribution in [0.3, 0.4) is 0 Å². The third-order valence-electron chi connectivity index (χ3n) is 6.05. The summed E-state index contributed by atoms with van der Waals surface area (Å²) in [4.78, 5) is 36.8. The zero-order chi connectivity index (χ0) is 25.5. The maximum Gasteiger partial charge on any atom is 0.407 e. The van der Waals surface area contributed by atoms with Gasteiger partial charge in [0, 0.05) is 29.3 Å². The van der Waals surface area contributed by atoms with Crippen LogP contribution < -0.4 is 14.8 Å². The van der Waals surface area contributed by atoms with E-state index in [9.17, 15) is 14.4 Å². The van der Waals surface area contributed by atoms with Gasteiger partial charge in [0.1, 0.15) is 22.9 Å². The number of carbonyl (C=O) groups excluding carboxylic acids is 3. The molecule has 1 atom stereocenters. The van der Waals surface area contributed by atoms with Crippen LogP contribution >= 0.6 is 0 Å². The van der Waals surface area contributed by atoms with Crippen LogP contribution in [0.1, 0.15) is 55.1 Å². The molecule has 8 heteroatoms. The molecular weight excluding hydrogens is 462 g/mol. The number of rotatable bonds is 5. The number of carbonyl (C=O) groups is 3. The average Bonchev–Trinajstić information content (AvgIpc) is 3.10. The number of amides is 1. The average molecular weight is 490 g/mol. The second-order valence-corrected chi connectivity index (χ2v) is 9.82. The van der Waals surface area contributed by atoms with E-state index in [4.69, 9.17) is 18.9 Å². The van der Waals surface area contributed by atoms with Crippen molar-refractivity contribution in [3.8, 4) is 11.5 Å². The van der Waals surface area contributed by atoms with E-state index in [1.54, 1.807) is 30.3 Å². The van der Waals surface area contributed by atoms with Gasteiger partial charge in [-0.25, -0.2) is 9.59 Å². The summed E-state index contributed by atoms with van der Waals surface area (Å²) in [6.07, 6.45) is 3.35. The summed E-state index contributed by atoms with van der Waals surface area (Å²) in [5.74, 6) is 0.965. The Morgan fingerprint density at radius 3 is 2.69 bits per heavy atom. The first-order valence-corrected chi connectivity index (χ1v) is 11.9. The van der Waals surface area contributed by atoms with Crippen molar-refractivity contribution in [3.63, 3.8) is 0 Å². The molecule has 0 radical (unpaired) electrons. The van der Waals surface area contributed by atoms with Gasteiger partial charge in [0.15, 0.2) is 11.4 Å². The Hall–Kier alpha value is -4.07. The van der Waals surface area contributed by atoms with Crippen LogP contribution in [0.2, 0.25) is 0 Å². The Bertz CT molecular complexity index is 1320. The van der Waals surface area contributed by atoms with Crippen molar-refractivity contribution >= 4 is 17.8 Å². The molecule has 1 aliphatic carbocycles. The van der Waals surface area contributed by atoms with E-state index in [0.29, 0.717) is 59.1 Å². The molecule has 0 fully saturated rings. The predicted molar refractivity (Wildman–Crippen MR) is 130 cm³/mol. The number of ketones is 1. The van der Waals surface area contributed by atoms with Crippen LogP contribution in [0.5, 0.6) is 11.5 Å². The second-order valence-electron chi connectivity index (χ2n) is 9.82. The van der Waals surface area contributed by atoms with E-state index in [1.165, 1.54) is 6.08 Å². The van der Waals surface area contributed by atoms with Gasteiger partial charge < -0.3 is 24.3 Å². The Kier molecular flexibility index (Phi) is 5.82. The summed E-state index contributed by atoms with van der Waals surface area (Å²) >= 11 is 0. The van der Waals surface area contributed by atoms with Crippen LogP contribution in [-0.4, -0.2) is 36.6 Å². The quantitative estimate of drug-likeness (QED) is 0.485. The lowest BCUT2D eigenvalue weighted by Crippen LogP contribution is -2.36. The van der Waals surface area contributed by atoms with Gasteiger partial charge in [-0.15, -0.1) is 0 Å². The highest BCUT2D eigenvalue weighted by atomic mass is 16.6. The van der Waals surface area contributed by atoms with Gasteiger partial charge in [-0.3, -0.25) is 4.79 Å². The minimum Gasteiger partial charge on any atom is -0.493 e. The molecular formula is C28H27NO7. The first-order chi connectivity index (χ1) is 17.2. The highest BCUT2D eigenvalue weighted by Crippen LogP contribution is 2.55. The summed E-state index contributed by atoms with van der Waals surface area (Å²) in [7, 11) is 0. The van der Waals surface area contributed by atoms with Crippen LogP contribution in [-0.2, 0) is 19.9 Å². The summed E-state index contributed by atoms with van der Waals surface area (Å²) in [5.41, 5.74) is 0.771. The van der Waals surface area contributed by atoms with E-state index in [-0.39, 0.29) is 12.2 Å². The van der Waals surface area contributed by atoms with Crippen LogP contribution in [0, 0.1) is 0 Å².